The van der Waals surface area contributed by atoms with Crippen LogP contribution >= 0.6 is 15.9 Å². The molecular formula is C35H28BrN3O4. The normalized spacial score (nSPS) is 20.1. The fourth-order valence-electron chi connectivity index (χ4n) is 8.42. The van der Waals surface area contributed by atoms with Crippen LogP contribution in [0.5, 0.6) is 0 Å². The first-order chi connectivity index (χ1) is 21.0. The molecule has 214 valence electrons. The summed E-state index contributed by atoms with van der Waals surface area (Å²) < 4.78 is 0.760. The third-order valence-electron chi connectivity index (χ3n) is 10.4. The number of carbonyl (C=O) groups is 4. The standard InChI is InChI=1S/C35H28BrN3O4/c36-26-16-25-29-24(34(42)38(35(25)43)17-4-2-1-3-5-17)10-7-20-19-6-9-22-28-23(11-8-21(27(19)28)30(26)31(20)29)33(41)39(32(22)40)18-12-14-37-15-13-18/h6-11,16-18,37H,1-5,12-15H2. The number of hydrogen-bond donors (Lipinski definition) is 1. The maximum Gasteiger partial charge on any atom is 0.261 e. The van der Waals surface area contributed by atoms with Crippen molar-refractivity contribution in [2.24, 2.45) is 0 Å². The third-order valence-corrected chi connectivity index (χ3v) is 11.0. The Balaban J connectivity index is 1.32. The zero-order valence-corrected chi connectivity index (χ0v) is 25.1. The van der Waals surface area contributed by atoms with Crippen LogP contribution in [-0.2, 0) is 0 Å². The van der Waals surface area contributed by atoms with Gasteiger partial charge in [0, 0.05) is 60.4 Å². The summed E-state index contributed by atoms with van der Waals surface area (Å²) in [5.41, 5.74) is 2.20. The van der Waals surface area contributed by atoms with Crippen molar-refractivity contribution in [2.45, 2.75) is 57.0 Å². The van der Waals surface area contributed by atoms with Gasteiger partial charge in [0.15, 0.2) is 0 Å². The predicted octanol–water partition coefficient (Wildman–Crippen LogP) is 6.78. The van der Waals surface area contributed by atoms with Crippen LogP contribution < -0.4 is 5.32 Å². The Labute approximate surface area is 255 Å². The van der Waals surface area contributed by atoms with Gasteiger partial charge in [-0.2, -0.15) is 0 Å². The molecule has 1 saturated heterocycles. The summed E-state index contributed by atoms with van der Waals surface area (Å²) in [6.07, 6.45) is 6.37. The maximum absolute atomic E-state index is 14.0. The monoisotopic (exact) mass is 633 g/mol. The Bertz CT molecular complexity index is 2090. The van der Waals surface area contributed by atoms with Crippen LogP contribution in [-0.4, -0.2) is 58.6 Å². The highest BCUT2D eigenvalue weighted by molar-refractivity contribution is 9.10. The topological polar surface area (TPSA) is 86.8 Å². The molecule has 0 bridgehead atoms. The Kier molecular flexibility index (Phi) is 5.40. The Morgan fingerprint density at radius 1 is 0.535 bits per heavy atom. The third kappa shape index (κ3) is 3.28. The number of nitrogens with one attached hydrogen (secondary N) is 1. The lowest BCUT2D eigenvalue weighted by atomic mass is 9.81. The molecule has 3 heterocycles. The quantitative estimate of drug-likeness (QED) is 0.132. The highest BCUT2D eigenvalue weighted by atomic mass is 79.9. The number of fused-ring (bicyclic) bond motifs is 2. The van der Waals surface area contributed by atoms with Gasteiger partial charge in [0.05, 0.1) is 0 Å². The molecule has 0 radical (unpaired) electrons. The van der Waals surface area contributed by atoms with Crippen molar-refractivity contribution in [1.82, 2.24) is 15.1 Å². The van der Waals surface area contributed by atoms with Gasteiger partial charge in [0.1, 0.15) is 0 Å². The Morgan fingerprint density at radius 2 is 1.02 bits per heavy atom. The van der Waals surface area contributed by atoms with E-state index in [2.05, 4.69) is 21.2 Å². The molecule has 3 aliphatic heterocycles. The smallest absolute Gasteiger partial charge is 0.261 e. The van der Waals surface area contributed by atoms with E-state index in [9.17, 15) is 19.2 Å². The van der Waals surface area contributed by atoms with Crippen molar-refractivity contribution < 1.29 is 19.2 Å². The predicted molar refractivity (Wildman–Crippen MR) is 169 cm³/mol. The first kappa shape index (κ1) is 25.6. The molecule has 2 fully saturated rings. The minimum atomic E-state index is -0.234. The van der Waals surface area contributed by atoms with Gasteiger partial charge in [-0.3, -0.25) is 29.0 Å². The molecule has 1 saturated carbocycles. The zero-order valence-electron chi connectivity index (χ0n) is 23.5. The lowest BCUT2D eigenvalue weighted by molar-refractivity contribution is 0.0490. The van der Waals surface area contributed by atoms with E-state index in [0.717, 1.165) is 94.8 Å². The average molecular weight is 635 g/mol. The summed E-state index contributed by atoms with van der Waals surface area (Å²) in [4.78, 5) is 58.8. The van der Waals surface area contributed by atoms with Crippen LogP contribution in [0, 0.1) is 0 Å². The van der Waals surface area contributed by atoms with Crippen molar-refractivity contribution in [3.8, 4) is 0 Å². The van der Waals surface area contributed by atoms with Gasteiger partial charge in [-0.1, -0.05) is 53.4 Å². The van der Waals surface area contributed by atoms with Crippen molar-refractivity contribution in [1.29, 1.82) is 0 Å². The molecule has 9 rings (SSSR count). The molecule has 43 heavy (non-hydrogen) atoms. The van der Waals surface area contributed by atoms with Crippen LogP contribution in [0.15, 0.2) is 46.9 Å². The van der Waals surface area contributed by atoms with E-state index in [1.54, 1.807) is 0 Å². The van der Waals surface area contributed by atoms with E-state index >= 15 is 0 Å². The number of hydrogen-bond acceptors (Lipinski definition) is 5. The molecule has 0 spiro atoms. The summed E-state index contributed by atoms with van der Waals surface area (Å²) in [7, 11) is 0. The average Bonchev–Trinajstić information content (AvgIpc) is 3.03. The lowest BCUT2D eigenvalue weighted by Crippen LogP contribution is -2.50. The second-order valence-electron chi connectivity index (χ2n) is 12.5. The van der Waals surface area contributed by atoms with Crippen molar-refractivity contribution >= 4 is 82.6 Å². The summed E-state index contributed by atoms with van der Waals surface area (Å²) in [6, 6.07) is 13.2. The van der Waals surface area contributed by atoms with Gasteiger partial charge in [-0.05, 0) is 84.6 Å². The van der Waals surface area contributed by atoms with Crippen LogP contribution in [0.4, 0.5) is 0 Å². The van der Waals surface area contributed by atoms with E-state index in [1.165, 1.54) is 9.80 Å². The molecule has 0 aromatic heterocycles. The number of carbonyl (C=O) groups excluding carboxylic acids is 4. The van der Waals surface area contributed by atoms with Crippen molar-refractivity contribution in [3.05, 3.63) is 69.2 Å². The number of halogens is 1. The molecule has 1 N–H and O–H groups in total. The minimum absolute atomic E-state index is 0.0700. The number of nitrogens with zero attached hydrogens (tertiary/aromatic N) is 2. The van der Waals surface area contributed by atoms with E-state index in [-0.39, 0.29) is 35.7 Å². The highest BCUT2D eigenvalue weighted by Crippen LogP contribution is 2.49. The van der Waals surface area contributed by atoms with Gasteiger partial charge >= 0.3 is 0 Å². The first-order valence-electron chi connectivity index (χ1n) is 15.3. The first-order valence-corrected chi connectivity index (χ1v) is 16.1. The molecule has 4 amide bonds. The maximum atomic E-state index is 14.0. The summed E-state index contributed by atoms with van der Waals surface area (Å²) in [5.74, 6) is -0.905. The molecule has 5 aromatic carbocycles. The number of piperidine rings is 1. The molecule has 5 aromatic rings. The van der Waals surface area contributed by atoms with Gasteiger partial charge in [-0.15, -0.1) is 0 Å². The van der Waals surface area contributed by atoms with E-state index in [4.69, 9.17) is 0 Å². The molecule has 0 unspecified atom stereocenters. The van der Waals surface area contributed by atoms with E-state index in [0.29, 0.717) is 33.0 Å². The largest absolute Gasteiger partial charge is 0.317 e. The SMILES string of the molecule is O=C1c2ccc3c4ccc5c6c(cc(Br)c(c7ccc(c2c37)C(=O)N1C1CCNCC1)c64)C(=O)N(C1CCCCC1)C5=O. The van der Waals surface area contributed by atoms with Gasteiger partial charge in [-0.25, -0.2) is 0 Å². The molecular weight excluding hydrogens is 606 g/mol. The van der Waals surface area contributed by atoms with Crippen LogP contribution in [0.25, 0.3) is 43.1 Å². The molecule has 7 nitrogen and oxygen atoms in total. The van der Waals surface area contributed by atoms with Gasteiger partial charge in [0.2, 0.25) is 0 Å². The van der Waals surface area contributed by atoms with Crippen LogP contribution in [0.3, 0.4) is 0 Å². The number of imide groups is 2. The fraction of sp³-hybridized carbons (Fsp3) is 0.314. The zero-order chi connectivity index (χ0) is 29.1. The van der Waals surface area contributed by atoms with Crippen LogP contribution in [0.1, 0.15) is 86.4 Å². The van der Waals surface area contributed by atoms with Gasteiger partial charge in [0.25, 0.3) is 23.6 Å². The number of amides is 4. The summed E-state index contributed by atoms with van der Waals surface area (Å²) in [5, 5.41) is 10.0. The summed E-state index contributed by atoms with van der Waals surface area (Å²) >= 11 is 3.81. The van der Waals surface area contributed by atoms with Crippen LogP contribution in [0.2, 0.25) is 0 Å². The van der Waals surface area contributed by atoms with Gasteiger partial charge < -0.3 is 5.32 Å². The second-order valence-corrected chi connectivity index (χ2v) is 13.4. The second kappa shape index (κ2) is 9.07. The van der Waals surface area contributed by atoms with Crippen molar-refractivity contribution in [3.63, 3.8) is 0 Å². The molecule has 4 aliphatic rings. The molecule has 0 atom stereocenters. The molecule has 8 heteroatoms. The van der Waals surface area contributed by atoms with Crippen molar-refractivity contribution in [2.75, 3.05) is 13.1 Å². The fourth-order valence-corrected chi connectivity index (χ4v) is 9.06. The Morgan fingerprint density at radius 3 is 1.63 bits per heavy atom. The minimum Gasteiger partial charge on any atom is -0.317 e. The molecule has 1 aliphatic carbocycles. The van der Waals surface area contributed by atoms with E-state index in [1.807, 2.05) is 42.5 Å². The summed E-state index contributed by atoms with van der Waals surface area (Å²) in [6.45, 7) is 1.56. The number of rotatable bonds is 2. The highest BCUT2D eigenvalue weighted by Gasteiger charge is 2.41. The number of benzene rings is 5. The Hall–Kier alpha value is -3.88. The van der Waals surface area contributed by atoms with E-state index < -0.39 is 0 Å². The lowest BCUT2D eigenvalue weighted by Gasteiger charge is -2.37.